The minimum Gasteiger partial charge on any atom is -0.481 e. The van der Waals surface area contributed by atoms with Crippen LogP contribution in [0.5, 0.6) is 0 Å². The molecule has 2 aromatic rings. The molecule has 192 valence electrons. The van der Waals surface area contributed by atoms with Crippen LogP contribution in [0, 0.1) is 0 Å². The topological polar surface area (TPSA) is 136 Å². The van der Waals surface area contributed by atoms with Crippen LogP contribution in [0.15, 0.2) is 48.5 Å². The number of imide groups is 1. The maximum absolute atomic E-state index is 14.1. The lowest BCUT2D eigenvalue weighted by Crippen LogP contribution is -2.59. The number of nitrogens with two attached hydrogens (primary N) is 1. The molecule has 4 N–H and O–H groups in total. The number of alkyl carbamates (subject to hydrolysis) is 1. The summed E-state index contributed by atoms with van der Waals surface area (Å²) in [6.45, 7) is 4.99. The first-order valence-corrected chi connectivity index (χ1v) is 12.2. The Bertz CT molecular complexity index is 1140. The maximum Gasteiger partial charge on any atom is 0.414 e. The van der Waals surface area contributed by atoms with Gasteiger partial charge in [-0.15, -0.1) is 0 Å². The molecule has 0 saturated heterocycles. The van der Waals surface area contributed by atoms with Crippen LogP contribution in [-0.4, -0.2) is 40.5 Å². The molecule has 3 rings (SSSR count). The van der Waals surface area contributed by atoms with Crippen LogP contribution in [-0.2, 0) is 43.8 Å². The summed E-state index contributed by atoms with van der Waals surface area (Å²) in [5, 5.41) is 11.6. The van der Waals surface area contributed by atoms with Crippen molar-refractivity contribution in [3.05, 3.63) is 70.8 Å². The average Bonchev–Trinajstić information content (AvgIpc) is 2.80. The number of benzene rings is 2. The molecular weight excluding hydrogens is 460 g/mol. The molecule has 36 heavy (non-hydrogen) atoms. The van der Waals surface area contributed by atoms with Gasteiger partial charge in [0.2, 0.25) is 5.91 Å². The predicted molar refractivity (Wildman–Crippen MR) is 135 cm³/mol. The van der Waals surface area contributed by atoms with Gasteiger partial charge in [-0.3, -0.25) is 19.7 Å². The Kier molecular flexibility index (Phi) is 8.30. The van der Waals surface area contributed by atoms with Crippen molar-refractivity contribution in [2.24, 2.45) is 5.73 Å². The first-order valence-electron chi connectivity index (χ1n) is 12.2. The molecule has 0 radical (unpaired) electrons. The second-order valence-corrected chi connectivity index (χ2v) is 10.2. The number of carboxylic acid groups (broad SMARTS) is 1. The van der Waals surface area contributed by atoms with E-state index in [0.717, 1.165) is 30.4 Å². The van der Waals surface area contributed by atoms with E-state index in [1.54, 1.807) is 57.2 Å². The number of carboxylic acids is 1. The summed E-state index contributed by atoms with van der Waals surface area (Å²) >= 11 is 0. The first-order chi connectivity index (χ1) is 16.9. The van der Waals surface area contributed by atoms with Crippen molar-refractivity contribution in [2.75, 3.05) is 0 Å². The third kappa shape index (κ3) is 6.18. The van der Waals surface area contributed by atoms with Crippen molar-refractivity contribution < 1.29 is 29.0 Å². The fourth-order valence-corrected chi connectivity index (χ4v) is 4.81. The zero-order valence-corrected chi connectivity index (χ0v) is 21.0. The van der Waals surface area contributed by atoms with Gasteiger partial charge in [0.15, 0.2) is 5.78 Å². The second-order valence-electron chi connectivity index (χ2n) is 10.2. The summed E-state index contributed by atoms with van der Waals surface area (Å²) in [4.78, 5) is 52.3. The molecule has 0 fully saturated rings. The summed E-state index contributed by atoms with van der Waals surface area (Å²) in [7, 11) is 0. The molecule has 0 spiro atoms. The van der Waals surface area contributed by atoms with Gasteiger partial charge in [0.05, 0.1) is 12.5 Å². The SMILES string of the molecule is CC(C)(C)OC(=O)NC(=O)C(Cc1ccccc1)(C(=O)[C@@H](N)CC(=O)O)c1cccc2c1CCCC2. The Balaban J connectivity index is 2.23. The van der Waals surface area contributed by atoms with Gasteiger partial charge in [0.25, 0.3) is 0 Å². The molecule has 2 atom stereocenters. The lowest BCUT2D eigenvalue weighted by Gasteiger charge is -2.36. The van der Waals surface area contributed by atoms with Gasteiger partial charge < -0.3 is 15.6 Å². The van der Waals surface area contributed by atoms with Crippen LogP contribution in [0.3, 0.4) is 0 Å². The van der Waals surface area contributed by atoms with Crippen LogP contribution < -0.4 is 11.1 Å². The van der Waals surface area contributed by atoms with Gasteiger partial charge in [-0.25, -0.2) is 4.79 Å². The van der Waals surface area contributed by atoms with Gasteiger partial charge >= 0.3 is 12.1 Å². The third-order valence-electron chi connectivity index (χ3n) is 6.32. The highest BCUT2D eigenvalue weighted by molar-refractivity contribution is 6.17. The molecule has 2 amide bonds. The smallest absolute Gasteiger partial charge is 0.414 e. The Hall–Kier alpha value is -3.52. The van der Waals surface area contributed by atoms with Crippen molar-refractivity contribution in [2.45, 2.75) is 76.4 Å². The van der Waals surface area contributed by atoms with E-state index in [9.17, 15) is 24.3 Å². The van der Waals surface area contributed by atoms with Crippen molar-refractivity contribution in [3.63, 3.8) is 0 Å². The fraction of sp³-hybridized carbons (Fsp3) is 0.429. The van der Waals surface area contributed by atoms with Crippen molar-refractivity contribution >= 4 is 23.8 Å². The average molecular weight is 495 g/mol. The molecule has 0 saturated carbocycles. The molecular formula is C28H34N2O6. The van der Waals surface area contributed by atoms with E-state index < -0.39 is 47.2 Å². The van der Waals surface area contributed by atoms with E-state index in [4.69, 9.17) is 10.5 Å². The standard InChI is InChI=1S/C28H34N2O6/c1-27(2,3)36-26(35)30-25(34)28(17-18-10-5-4-6-11-18,24(33)22(29)16-23(31)32)21-15-9-13-19-12-7-8-14-20(19)21/h4-6,9-11,13,15,22H,7-8,12,14,16-17,29H2,1-3H3,(H,31,32)(H,30,34,35)/t22-,28?/m0/s1. The normalized spacial score (nSPS) is 15.7. The van der Waals surface area contributed by atoms with Gasteiger partial charge in [0.1, 0.15) is 11.0 Å². The molecule has 2 aromatic carbocycles. The van der Waals surface area contributed by atoms with E-state index in [1.165, 1.54) is 0 Å². The lowest BCUT2D eigenvalue weighted by atomic mass is 9.66. The summed E-state index contributed by atoms with van der Waals surface area (Å²) in [6, 6.07) is 13.0. The summed E-state index contributed by atoms with van der Waals surface area (Å²) in [5.41, 5.74) is 6.33. The van der Waals surface area contributed by atoms with E-state index in [1.807, 2.05) is 12.1 Å². The first kappa shape index (κ1) is 27.1. The monoisotopic (exact) mass is 494 g/mol. The zero-order valence-electron chi connectivity index (χ0n) is 21.0. The van der Waals surface area contributed by atoms with Crippen LogP contribution in [0.2, 0.25) is 0 Å². The molecule has 0 heterocycles. The van der Waals surface area contributed by atoms with E-state index in [-0.39, 0.29) is 6.42 Å². The number of carbonyl (C=O) groups is 4. The van der Waals surface area contributed by atoms with Crippen molar-refractivity contribution in [1.29, 1.82) is 0 Å². The third-order valence-corrected chi connectivity index (χ3v) is 6.32. The number of hydrogen-bond acceptors (Lipinski definition) is 6. The largest absolute Gasteiger partial charge is 0.481 e. The molecule has 0 bridgehead atoms. The number of ether oxygens (including phenoxy) is 1. The number of aliphatic carboxylic acids is 1. The highest BCUT2D eigenvalue weighted by Crippen LogP contribution is 2.38. The van der Waals surface area contributed by atoms with Crippen molar-refractivity contribution in [3.8, 4) is 0 Å². The zero-order chi connectivity index (χ0) is 26.5. The van der Waals surface area contributed by atoms with Crippen LogP contribution in [0.4, 0.5) is 4.79 Å². The van der Waals surface area contributed by atoms with Gasteiger partial charge in [0, 0.05) is 0 Å². The minimum atomic E-state index is -1.93. The van der Waals surface area contributed by atoms with Crippen molar-refractivity contribution in [1.82, 2.24) is 5.32 Å². The summed E-state index contributed by atoms with van der Waals surface area (Å²) < 4.78 is 5.30. The molecule has 0 aromatic heterocycles. The number of nitrogens with one attached hydrogen (secondary N) is 1. The highest BCUT2D eigenvalue weighted by Gasteiger charge is 2.51. The van der Waals surface area contributed by atoms with E-state index in [2.05, 4.69) is 5.32 Å². The number of fused-ring (bicyclic) bond motifs is 1. The molecule has 8 nitrogen and oxygen atoms in total. The number of hydrogen-bond donors (Lipinski definition) is 3. The highest BCUT2D eigenvalue weighted by atomic mass is 16.6. The summed E-state index contributed by atoms with van der Waals surface area (Å²) in [6.07, 6.45) is 1.59. The molecule has 1 aliphatic carbocycles. The predicted octanol–water partition coefficient (Wildman–Crippen LogP) is 3.47. The van der Waals surface area contributed by atoms with Crippen LogP contribution in [0.1, 0.15) is 62.3 Å². The maximum atomic E-state index is 14.1. The van der Waals surface area contributed by atoms with Gasteiger partial charge in [-0.2, -0.15) is 0 Å². The number of carbonyl (C=O) groups excluding carboxylic acids is 3. The quantitative estimate of drug-likeness (QED) is 0.478. The number of Topliss-reactive ketones (excluding diaryl/α,β-unsaturated/α-hetero) is 1. The Labute approximate surface area is 211 Å². The fourth-order valence-electron chi connectivity index (χ4n) is 4.81. The number of rotatable bonds is 8. The van der Waals surface area contributed by atoms with E-state index in [0.29, 0.717) is 17.5 Å². The second kappa shape index (κ2) is 11.0. The summed E-state index contributed by atoms with van der Waals surface area (Å²) in [5.74, 6) is -2.90. The molecule has 1 aliphatic rings. The Morgan fingerprint density at radius 1 is 1.00 bits per heavy atom. The number of amides is 2. The number of ketones is 1. The van der Waals surface area contributed by atoms with E-state index >= 15 is 0 Å². The number of aryl methyl sites for hydroxylation is 1. The van der Waals surface area contributed by atoms with Crippen LogP contribution >= 0.6 is 0 Å². The molecule has 0 aliphatic heterocycles. The van der Waals surface area contributed by atoms with Gasteiger partial charge in [-0.05, 0) is 75.1 Å². The minimum absolute atomic E-state index is 0.0922. The molecule has 8 heteroatoms. The van der Waals surface area contributed by atoms with Crippen LogP contribution in [0.25, 0.3) is 0 Å². The Morgan fingerprint density at radius 2 is 1.67 bits per heavy atom. The molecule has 1 unspecified atom stereocenters. The lowest BCUT2D eigenvalue weighted by molar-refractivity contribution is -0.143. The van der Waals surface area contributed by atoms with Gasteiger partial charge in [-0.1, -0.05) is 48.5 Å². The Morgan fingerprint density at radius 3 is 2.31 bits per heavy atom.